The molecule has 1 unspecified atom stereocenters. The van der Waals surface area contributed by atoms with Crippen molar-refractivity contribution in [1.29, 1.82) is 0 Å². The number of nitrogens with zero attached hydrogens (tertiary/aromatic N) is 5. The number of amides is 1. The van der Waals surface area contributed by atoms with Gasteiger partial charge in [-0.15, -0.1) is 10.2 Å². The van der Waals surface area contributed by atoms with Crippen LogP contribution in [0, 0.1) is 5.92 Å². The van der Waals surface area contributed by atoms with Crippen molar-refractivity contribution in [2.24, 2.45) is 11.7 Å². The molecule has 1 amide bonds. The highest BCUT2D eigenvalue weighted by Gasteiger charge is 2.32. The van der Waals surface area contributed by atoms with Crippen molar-refractivity contribution in [3.8, 4) is 0 Å². The number of primary amides is 1. The summed E-state index contributed by atoms with van der Waals surface area (Å²) in [5, 5.41) is 8.83. The average molecular weight is 349 g/mol. The minimum Gasteiger partial charge on any atom is -0.366 e. The summed E-state index contributed by atoms with van der Waals surface area (Å²) in [6, 6.07) is 1.65. The van der Waals surface area contributed by atoms with Crippen LogP contribution in [0.5, 0.6) is 0 Å². The molecule has 8 heteroatoms. The normalized spacial score (nSPS) is 17.7. The van der Waals surface area contributed by atoms with Gasteiger partial charge in [-0.05, 0) is 24.8 Å². The number of halogens is 1. The fourth-order valence-corrected chi connectivity index (χ4v) is 3.40. The van der Waals surface area contributed by atoms with Gasteiger partial charge in [0, 0.05) is 19.3 Å². The first kappa shape index (κ1) is 16.7. The lowest BCUT2D eigenvalue weighted by Gasteiger charge is -2.26. The van der Waals surface area contributed by atoms with E-state index in [4.69, 9.17) is 17.3 Å². The van der Waals surface area contributed by atoms with Crippen LogP contribution in [0.3, 0.4) is 0 Å². The molecule has 2 N–H and O–H groups in total. The maximum atomic E-state index is 11.3. The topological polar surface area (TPSA) is 89.9 Å². The van der Waals surface area contributed by atoms with Gasteiger partial charge in [0.15, 0.2) is 5.82 Å². The van der Waals surface area contributed by atoms with Crippen LogP contribution in [0.4, 0.5) is 5.82 Å². The molecular formula is C16H21ClN6O. The Morgan fingerprint density at radius 1 is 1.50 bits per heavy atom. The highest BCUT2D eigenvalue weighted by Crippen LogP contribution is 2.37. The van der Waals surface area contributed by atoms with Gasteiger partial charge in [0.25, 0.3) is 0 Å². The van der Waals surface area contributed by atoms with Crippen LogP contribution >= 0.6 is 11.6 Å². The van der Waals surface area contributed by atoms with Crippen molar-refractivity contribution in [3.05, 3.63) is 35.0 Å². The summed E-state index contributed by atoms with van der Waals surface area (Å²) in [5.41, 5.74) is 5.59. The van der Waals surface area contributed by atoms with Gasteiger partial charge in [-0.3, -0.25) is 4.79 Å². The van der Waals surface area contributed by atoms with Crippen LogP contribution in [0.25, 0.3) is 0 Å². The number of pyridine rings is 1. The van der Waals surface area contributed by atoms with Crippen LogP contribution in [0.1, 0.15) is 48.9 Å². The van der Waals surface area contributed by atoms with Gasteiger partial charge in [-0.2, -0.15) is 0 Å². The molecule has 24 heavy (non-hydrogen) atoms. The number of hydrogen-bond acceptors (Lipinski definition) is 5. The largest absolute Gasteiger partial charge is 0.366 e. The Bertz CT molecular complexity index is 744. The minimum atomic E-state index is -0.536. The lowest BCUT2D eigenvalue weighted by Crippen LogP contribution is -2.27. The second-order valence-electron chi connectivity index (χ2n) is 6.48. The van der Waals surface area contributed by atoms with Gasteiger partial charge < -0.3 is 15.2 Å². The lowest BCUT2D eigenvalue weighted by molar-refractivity contribution is 0.1000. The van der Waals surface area contributed by atoms with E-state index in [-0.39, 0.29) is 6.04 Å². The number of hydrogen-bond donors (Lipinski definition) is 1. The first-order chi connectivity index (χ1) is 11.5. The zero-order chi connectivity index (χ0) is 17.3. The molecule has 0 aromatic carbocycles. The summed E-state index contributed by atoms with van der Waals surface area (Å²) < 4.78 is 2.10. The van der Waals surface area contributed by atoms with E-state index in [0.29, 0.717) is 22.3 Å². The molecule has 128 valence electrons. The third kappa shape index (κ3) is 3.21. The molecule has 0 aliphatic carbocycles. The minimum absolute atomic E-state index is 0.0793. The highest BCUT2D eigenvalue weighted by molar-refractivity contribution is 6.33. The summed E-state index contributed by atoms with van der Waals surface area (Å²) in [6.07, 6.45) is 5.23. The molecule has 7 nitrogen and oxygen atoms in total. The Hall–Kier alpha value is -2.15. The molecule has 2 aromatic heterocycles. The number of carbonyl (C=O) groups excluding carboxylic acids is 1. The summed E-state index contributed by atoms with van der Waals surface area (Å²) in [6.45, 7) is 6.03. The molecule has 0 spiro atoms. The molecule has 1 saturated heterocycles. The van der Waals surface area contributed by atoms with Crippen molar-refractivity contribution in [3.63, 3.8) is 0 Å². The average Bonchev–Trinajstić information content (AvgIpc) is 3.15. The number of anilines is 1. The second kappa shape index (κ2) is 6.76. The second-order valence-corrected chi connectivity index (χ2v) is 6.89. The van der Waals surface area contributed by atoms with Crippen LogP contribution in [0.2, 0.25) is 5.02 Å². The molecule has 3 rings (SSSR count). The maximum absolute atomic E-state index is 11.3. The van der Waals surface area contributed by atoms with Gasteiger partial charge >= 0.3 is 0 Å². The molecular weight excluding hydrogens is 328 g/mol. The SMILES string of the molecule is CC(C)Cn1cnnc1C1CCCN1c1ncc(C(N)=O)cc1Cl. The Morgan fingerprint density at radius 3 is 2.96 bits per heavy atom. The molecule has 3 heterocycles. The molecule has 1 aliphatic heterocycles. The van der Waals surface area contributed by atoms with Crippen LogP contribution in [-0.4, -0.2) is 32.2 Å². The Kier molecular flexibility index (Phi) is 4.71. The van der Waals surface area contributed by atoms with E-state index in [1.54, 1.807) is 12.4 Å². The first-order valence-electron chi connectivity index (χ1n) is 8.07. The predicted molar refractivity (Wildman–Crippen MR) is 91.9 cm³/mol. The molecule has 1 fully saturated rings. The lowest BCUT2D eigenvalue weighted by atomic mass is 10.1. The molecule has 1 atom stereocenters. The van der Waals surface area contributed by atoms with Crippen molar-refractivity contribution in [2.45, 2.75) is 39.3 Å². The van der Waals surface area contributed by atoms with Crippen LogP contribution < -0.4 is 10.6 Å². The zero-order valence-corrected chi connectivity index (χ0v) is 14.6. The van der Waals surface area contributed by atoms with Gasteiger partial charge in [0.1, 0.15) is 12.1 Å². The summed E-state index contributed by atoms with van der Waals surface area (Å²) >= 11 is 6.35. The molecule has 2 aromatic rings. The van der Waals surface area contributed by atoms with E-state index < -0.39 is 5.91 Å². The number of carbonyl (C=O) groups is 1. The maximum Gasteiger partial charge on any atom is 0.250 e. The fraction of sp³-hybridized carbons (Fsp3) is 0.500. The van der Waals surface area contributed by atoms with Crippen molar-refractivity contribution in [1.82, 2.24) is 19.7 Å². The van der Waals surface area contributed by atoms with Crippen LogP contribution in [-0.2, 0) is 6.54 Å². The van der Waals surface area contributed by atoms with Gasteiger partial charge in [0.05, 0.1) is 16.6 Å². The quantitative estimate of drug-likeness (QED) is 0.896. The van der Waals surface area contributed by atoms with Crippen molar-refractivity contribution < 1.29 is 4.79 Å². The number of rotatable bonds is 5. The molecule has 0 saturated carbocycles. The smallest absolute Gasteiger partial charge is 0.250 e. The zero-order valence-electron chi connectivity index (χ0n) is 13.8. The Labute approximate surface area is 145 Å². The third-order valence-electron chi connectivity index (χ3n) is 4.14. The van der Waals surface area contributed by atoms with E-state index in [0.717, 1.165) is 31.8 Å². The van der Waals surface area contributed by atoms with E-state index in [1.165, 1.54) is 6.20 Å². The monoisotopic (exact) mass is 348 g/mol. The summed E-state index contributed by atoms with van der Waals surface area (Å²) in [4.78, 5) is 17.8. The predicted octanol–water partition coefficient (Wildman–Crippen LogP) is 2.42. The van der Waals surface area contributed by atoms with E-state index in [1.807, 2.05) is 0 Å². The van der Waals surface area contributed by atoms with Crippen molar-refractivity contribution in [2.75, 3.05) is 11.4 Å². The fourth-order valence-electron chi connectivity index (χ4n) is 3.12. The van der Waals surface area contributed by atoms with Gasteiger partial charge in [-0.25, -0.2) is 4.98 Å². The molecule has 1 aliphatic rings. The summed E-state index contributed by atoms with van der Waals surface area (Å²) in [5.74, 6) is 1.55. The third-order valence-corrected chi connectivity index (χ3v) is 4.41. The van der Waals surface area contributed by atoms with E-state index in [9.17, 15) is 4.79 Å². The van der Waals surface area contributed by atoms with Crippen LogP contribution in [0.15, 0.2) is 18.6 Å². The van der Waals surface area contributed by atoms with Gasteiger partial charge in [0.2, 0.25) is 5.91 Å². The summed E-state index contributed by atoms with van der Waals surface area (Å²) in [7, 11) is 0. The van der Waals surface area contributed by atoms with E-state index >= 15 is 0 Å². The first-order valence-corrected chi connectivity index (χ1v) is 8.45. The Morgan fingerprint density at radius 2 is 2.29 bits per heavy atom. The standard InChI is InChI=1S/C16H21ClN6O/c1-10(2)8-22-9-20-21-16(22)13-4-3-5-23(13)15-12(17)6-11(7-19-15)14(18)24/h6-7,9-10,13H,3-5,8H2,1-2H3,(H2,18,24). The molecule has 0 radical (unpaired) electrons. The number of aromatic nitrogens is 4. The molecule has 0 bridgehead atoms. The van der Waals surface area contributed by atoms with E-state index in [2.05, 4.69) is 38.5 Å². The highest BCUT2D eigenvalue weighted by atomic mass is 35.5. The number of nitrogens with two attached hydrogens (primary N) is 1. The van der Waals surface area contributed by atoms with Gasteiger partial charge in [-0.1, -0.05) is 25.4 Å². The van der Waals surface area contributed by atoms with Crippen molar-refractivity contribution >= 4 is 23.3 Å². The Balaban J connectivity index is 1.92.